The second-order valence-corrected chi connectivity index (χ2v) is 2.71. The summed E-state index contributed by atoms with van der Waals surface area (Å²) < 4.78 is 37.7. The van der Waals surface area contributed by atoms with E-state index in [4.69, 9.17) is 11.6 Å². The number of aromatic nitrogens is 1. The van der Waals surface area contributed by atoms with Crippen LogP contribution in [0.1, 0.15) is 28.0 Å². The van der Waals surface area contributed by atoms with Crippen molar-refractivity contribution < 1.29 is 18.0 Å². The Hall–Kier alpha value is -1.10. The van der Waals surface area contributed by atoms with Crippen LogP contribution in [-0.4, -0.2) is 11.3 Å². The van der Waals surface area contributed by atoms with Gasteiger partial charge in [-0.15, -0.1) is 11.6 Å². The Morgan fingerprint density at radius 1 is 1.57 bits per heavy atom. The third-order valence-corrected chi connectivity index (χ3v) is 1.93. The molecule has 1 aromatic rings. The molecule has 0 aliphatic heterocycles. The van der Waals surface area contributed by atoms with Crippen LogP contribution in [0.2, 0.25) is 0 Å². The van der Waals surface area contributed by atoms with Gasteiger partial charge >= 0.3 is 0 Å². The summed E-state index contributed by atoms with van der Waals surface area (Å²) in [6.07, 6.45) is -1.94. The molecule has 1 heterocycles. The summed E-state index contributed by atoms with van der Waals surface area (Å²) in [6.45, 7) is 0. The maximum atomic E-state index is 13.2. The molecule has 0 atom stereocenters. The fourth-order valence-electron chi connectivity index (χ4n) is 0.961. The van der Waals surface area contributed by atoms with Crippen molar-refractivity contribution in [3.63, 3.8) is 0 Å². The predicted molar refractivity (Wildman–Crippen MR) is 44.1 cm³/mol. The topological polar surface area (TPSA) is 30.0 Å². The number of hydrogen-bond donors (Lipinski definition) is 0. The van der Waals surface area contributed by atoms with Crippen molar-refractivity contribution in [2.24, 2.45) is 0 Å². The van der Waals surface area contributed by atoms with Crippen molar-refractivity contribution >= 4 is 17.9 Å². The molecule has 0 bridgehead atoms. The SMILES string of the molecule is O=Cc1ncc(C(F)F)c(CCl)c1F. The minimum Gasteiger partial charge on any atom is -0.296 e. The van der Waals surface area contributed by atoms with Gasteiger partial charge in [-0.25, -0.2) is 18.2 Å². The molecule has 0 N–H and O–H groups in total. The molecule has 14 heavy (non-hydrogen) atoms. The lowest BCUT2D eigenvalue weighted by molar-refractivity contribution is 0.111. The highest BCUT2D eigenvalue weighted by atomic mass is 35.5. The van der Waals surface area contributed by atoms with E-state index in [1.807, 2.05) is 0 Å². The molecule has 6 heteroatoms. The number of alkyl halides is 3. The minimum absolute atomic E-state index is 0.153. The number of carbonyl (C=O) groups is 1. The Kier molecular flexibility index (Phi) is 3.46. The van der Waals surface area contributed by atoms with Crippen molar-refractivity contribution in [3.8, 4) is 0 Å². The first-order chi connectivity index (χ1) is 6.61. The van der Waals surface area contributed by atoms with Gasteiger partial charge in [0.25, 0.3) is 6.43 Å². The zero-order valence-corrected chi connectivity index (χ0v) is 7.56. The molecule has 0 fully saturated rings. The predicted octanol–water partition coefficient (Wildman–Crippen LogP) is 2.71. The van der Waals surface area contributed by atoms with E-state index < -0.39 is 29.4 Å². The standard InChI is InChI=1S/C8H5ClF3NO/c9-1-4-5(8(11)12)2-13-6(3-14)7(4)10/h2-3,8H,1H2. The quantitative estimate of drug-likeness (QED) is 0.583. The molecule has 0 amide bonds. The van der Waals surface area contributed by atoms with Gasteiger partial charge in [0.2, 0.25) is 0 Å². The number of halogens is 4. The highest BCUT2D eigenvalue weighted by Gasteiger charge is 2.19. The van der Waals surface area contributed by atoms with E-state index in [1.165, 1.54) is 0 Å². The molecule has 0 saturated carbocycles. The first-order valence-corrected chi connectivity index (χ1v) is 4.11. The minimum atomic E-state index is -2.86. The summed E-state index contributed by atoms with van der Waals surface area (Å²) >= 11 is 5.29. The van der Waals surface area contributed by atoms with Gasteiger partial charge in [-0.1, -0.05) is 0 Å². The number of carbonyl (C=O) groups excluding carboxylic acids is 1. The average molecular weight is 224 g/mol. The van der Waals surface area contributed by atoms with Crippen LogP contribution < -0.4 is 0 Å². The van der Waals surface area contributed by atoms with Crippen molar-refractivity contribution in [1.29, 1.82) is 0 Å². The zero-order valence-electron chi connectivity index (χ0n) is 6.81. The summed E-state index contributed by atoms with van der Waals surface area (Å²) in [6, 6.07) is 0. The molecule has 0 aromatic carbocycles. The van der Waals surface area contributed by atoms with Crippen LogP contribution in [0.3, 0.4) is 0 Å². The second kappa shape index (κ2) is 4.41. The normalized spacial score (nSPS) is 10.6. The molecule has 0 radical (unpaired) electrons. The molecule has 0 saturated heterocycles. The largest absolute Gasteiger partial charge is 0.296 e. The van der Waals surface area contributed by atoms with Crippen LogP contribution in [-0.2, 0) is 5.88 Å². The number of rotatable bonds is 3. The summed E-state index contributed by atoms with van der Waals surface area (Å²) in [4.78, 5) is 13.5. The van der Waals surface area contributed by atoms with Gasteiger partial charge < -0.3 is 0 Å². The highest BCUT2D eigenvalue weighted by molar-refractivity contribution is 6.17. The van der Waals surface area contributed by atoms with E-state index in [0.717, 1.165) is 6.20 Å². The van der Waals surface area contributed by atoms with Gasteiger partial charge in [0.1, 0.15) is 5.69 Å². The van der Waals surface area contributed by atoms with E-state index in [0.29, 0.717) is 0 Å². The smallest absolute Gasteiger partial charge is 0.265 e. The fourth-order valence-corrected chi connectivity index (χ4v) is 1.23. The van der Waals surface area contributed by atoms with E-state index in [9.17, 15) is 18.0 Å². The fraction of sp³-hybridized carbons (Fsp3) is 0.250. The number of nitrogens with zero attached hydrogens (tertiary/aromatic N) is 1. The van der Waals surface area contributed by atoms with Crippen LogP contribution >= 0.6 is 11.6 Å². The van der Waals surface area contributed by atoms with Crippen molar-refractivity contribution in [2.75, 3.05) is 0 Å². The van der Waals surface area contributed by atoms with Crippen molar-refractivity contribution in [2.45, 2.75) is 12.3 Å². The van der Waals surface area contributed by atoms with Crippen LogP contribution in [0.25, 0.3) is 0 Å². The van der Waals surface area contributed by atoms with Gasteiger partial charge in [-0.3, -0.25) is 4.79 Å². The summed E-state index contributed by atoms with van der Waals surface area (Å²) in [5.41, 5.74) is -1.47. The first-order valence-electron chi connectivity index (χ1n) is 3.58. The molecule has 1 rings (SSSR count). The first kappa shape index (κ1) is 11.0. The van der Waals surface area contributed by atoms with Crippen LogP contribution in [0.4, 0.5) is 13.2 Å². The zero-order chi connectivity index (χ0) is 10.7. The van der Waals surface area contributed by atoms with E-state index in [1.54, 1.807) is 0 Å². The monoisotopic (exact) mass is 223 g/mol. The van der Waals surface area contributed by atoms with Crippen LogP contribution in [0.15, 0.2) is 6.20 Å². The van der Waals surface area contributed by atoms with Crippen molar-refractivity contribution in [3.05, 3.63) is 28.8 Å². The molecule has 1 aromatic heterocycles. The molecule has 2 nitrogen and oxygen atoms in total. The molecular formula is C8H5ClF3NO. The van der Waals surface area contributed by atoms with Gasteiger partial charge in [0.15, 0.2) is 12.1 Å². The van der Waals surface area contributed by atoms with E-state index in [-0.39, 0.29) is 11.8 Å². The number of hydrogen-bond acceptors (Lipinski definition) is 2. The van der Waals surface area contributed by atoms with Gasteiger partial charge in [0.05, 0.1) is 5.88 Å². The molecule has 76 valence electrons. The average Bonchev–Trinajstić information content (AvgIpc) is 2.17. The van der Waals surface area contributed by atoms with Crippen LogP contribution in [0.5, 0.6) is 0 Å². The maximum Gasteiger partial charge on any atom is 0.265 e. The Morgan fingerprint density at radius 3 is 2.64 bits per heavy atom. The Labute approximate surface area is 82.7 Å². The molecule has 0 spiro atoms. The summed E-state index contributed by atoms with van der Waals surface area (Å²) in [7, 11) is 0. The lowest BCUT2D eigenvalue weighted by Gasteiger charge is -2.07. The molecule has 0 aliphatic rings. The third-order valence-electron chi connectivity index (χ3n) is 1.66. The number of aldehydes is 1. The second-order valence-electron chi connectivity index (χ2n) is 2.44. The molecule has 0 unspecified atom stereocenters. The van der Waals surface area contributed by atoms with Crippen LogP contribution in [0, 0.1) is 5.82 Å². The van der Waals surface area contributed by atoms with Crippen molar-refractivity contribution in [1.82, 2.24) is 4.98 Å². The molecule has 0 aliphatic carbocycles. The summed E-state index contributed by atoms with van der Waals surface area (Å²) in [5.74, 6) is -1.50. The number of pyridine rings is 1. The van der Waals surface area contributed by atoms with Gasteiger partial charge in [-0.05, 0) is 0 Å². The Balaban J connectivity index is 3.35. The maximum absolute atomic E-state index is 13.2. The highest BCUT2D eigenvalue weighted by Crippen LogP contribution is 2.26. The van der Waals surface area contributed by atoms with E-state index >= 15 is 0 Å². The van der Waals surface area contributed by atoms with E-state index in [2.05, 4.69) is 4.98 Å². The van der Waals surface area contributed by atoms with Gasteiger partial charge in [-0.2, -0.15) is 0 Å². The molecular weight excluding hydrogens is 219 g/mol. The lowest BCUT2D eigenvalue weighted by atomic mass is 10.1. The van der Waals surface area contributed by atoms with Gasteiger partial charge in [0, 0.05) is 17.3 Å². The Morgan fingerprint density at radius 2 is 2.21 bits per heavy atom. The lowest BCUT2D eigenvalue weighted by Crippen LogP contribution is -2.03. The third kappa shape index (κ3) is 1.87. The Bertz CT molecular complexity index is 357. The summed E-state index contributed by atoms with van der Waals surface area (Å²) in [5, 5.41) is 0.